The van der Waals surface area contributed by atoms with Gasteiger partial charge in [-0.2, -0.15) is 0 Å². The number of nitrogens with zero attached hydrogens (tertiary/aromatic N) is 2. The van der Waals surface area contributed by atoms with Crippen molar-refractivity contribution in [2.24, 2.45) is 4.99 Å². The highest BCUT2D eigenvalue weighted by atomic mass is 32.2. The molecule has 0 bridgehead atoms. The van der Waals surface area contributed by atoms with Crippen molar-refractivity contribution in [3.8, 4) is 0 Å². The van der Waals surface area contributed by atoms with E-state index in [2.05, 4.69) is 109 Å². The number of benzene rings is 2. The van der Waals surface area contributed by atoms with Gasteiger partial charge in [-0.3, -0.25) is 9.89 Å². The van der Waals surface area contributed by atoms with E-state index in [0.29, 0.717) is 5.92 Å². The van der Waals surface area contributed by atoms with Gasteiger partial charge in [-0.1, -0.05) is 94.2 Å². The van der Waals surface area contributed by atoms with Crippen molar-refractivity contribution in [3.63, 3.8) is 0 Å². The molecular formula is C34H48N4S. The van der Waals surface area contributed by atoms with E-state index in [0.717, 1.165) is 67.5 Å². The number of rotatable bonds is 15. The summed E-state index contributed by atoms with van der Waals surface area (Å²) in [6, 6.07) is 19.6. The van der Waals surface area contributed by atoms with Crippen LogP contribution in [-0.2, 0) is 6.42 Å². The SMILES string of the molecule is C=C(CC/C(=N/C)Sc1cccc(C(C)C)c1)N[C@H](CNC(=C)C(=C)CN1CCCCC1)Cc1ccccc1. The lowest BCUT2D eigenvalue weighted by Crippen LogP contribution is -2.40. The summed E-state index contributed by atoms with van der Waals surface area (Å²) in [6.45, 7) is 21.4. The van der Waals surface area contributed by atoms with Crippen LogP contribution in [0.1, 0.15) is 63.0 Å². The largest absolute Gasteiger partial charge is 0.384 e. The van der Waals surface area contributed by atoms with Crippen LogP contribution in [0.3, 0.4) is 0 Å². The summed E-state index contributed by atoms with van der Waals surface area (Å²) in [5, 5.41) is 8.40. The van der Waals surface area contributed by atoms with Crippen LogP contribution in [0, 0.1) is 0 Å². The maximum absolute atomic E-state index is 4.58. The minimum Gasteiger partial charge on any atom is -0.384 e. The molecule has 2 N–H and O–H groups in total. The number of hydrogen-bond acceptors (Lipinski definition) is 5. The predicted molar refractivity (Wildman–Crippen MR) is 172 cm³/mol. The molecule has 3 rings (SSSR count). The van der Waals surface area contributed by atoms with Crippen LogP contribution in [0.25, 0.3) is 0 Å². The maximum atomic E-state index is 4.58. The molecule has 0 aliphatic carbocycles. The Balaban J connectivity index is 1.53. The summed E-state index contributed by atoms with van der Waals surface area (Å²) < 4.78 is 0. The first-order chi connectivity index (χ1) is 18.8. The number of nitrogens with one attached hydrogen (secondary N) is 2. The van der Waals surface area contributed by atoms with Gasteiger partial charge >= 0.3 is 0 Å². The van der Waals surface area contributed by atoms with Gasteiger partial charge in [0.25, 0.3) is 0 Å². The Bertz CT molecular complexity index is 1100. The molecule has 1 aliphatic heterocycles. The third-order valence-corrected chi connectivity index (χ3v) is 8.35. The zero-order valence-electron chi connectivity index (χ0n) is 24.3. The monoisotopic (exact) mass is 544 g/mol. The normalized spacial score (nSPS) is 15.1. The van der Waals surface area contributed by atoms with Crippen LogP contribution < -0.4 is 10.6 Å². The maximum Gasteiger partial charge on any atom is 0.0723 e. The molecule has 0 aromatic heterocycles. The van der Waals surface area contributed by atoms with E-state index < -0.39 is 0 Å². The van der Waals surface area contributed by atoms with E-state index in [1.54, 1.807) is 11.8 Å². The Morgan fingerprint density at radius 2 is 1.72 bits per heavy atom. The summed E-state index contributed by atoms with van der Waals surface area (Å²) in [5.41, 5.74) is 5.72. The second kappa shape index (κ2) is 16.4. The second-order valence-corrected chi connectivity index (χ2v) is 12.0. The average Bonchev–Trinajstić information content (AvgIpc) is 2.95. The zero-order chi connectivity index (χ0) is 28.0. The fourth-order valence-electron chi connectivity index (χ4n) is 4.83. The Hall–Kier alpha value is -2.76. The number of allylic oxidation sites excluding steroid dienone is 1. The van der Waals surface area contributed by atoms with Gasteiger partial charge in [0.1, 0.15) is 0 Å². The van der Waals surface area contributed by atoms with Gasteiger partial charge in [0.15, 0.2) is 0 Å². The van der Waals surface area contributed by atoms with Crippen molar-refractivity contribution in [2.45, 2.75) is 69.2 Å². The van der Waals surface area contributed by atoms with Crippen molar-refractivity contribution >= 4 is 16.8 Å². The van der Waals surface area contributed by atoms with Crippen LogP contribution in [-0.4, -0.2) is 49.2 Å². The molecule has 0 saturated carbocycles. The summed E-state index contributed by atoms with van der Waals surface area (Å²) in [4.78, 5) is 8.31. The zero-order valence-corrected chi connectivity index (χ0v) is 25.2. The highest BCUT2D eigenvalue weighted by Gasteiger charge is 2.15. The lowest BCUT2D eigenvalue weighted by atomic mass is 10.0. The van der Waals surface area contributed by atoms with E-state index in [4.69, 9.17) is 0 Å². The van der Waals surface area contributed by atoms with Gasteiger partial charge in [0.2, 0.25) is 0 Å². The van der Waals surface area contributed by atoms with E-state index in [1.165, 1.54) is 35.3 Å². The Morgan fingerprint density at radius 3 is 2.41 bits per heavy atom. The standard InChI is InChI=1S/C34H48N4S/c1-26(2)31-16-13-17-33(23-31)39-34(35-6)19-18-28(4)37-32(22-30-14-9-7-10-15-30)24-36-29(5)27(3)25-38-20-11-8-12-21-38/h7,9-10,13-17,23,26,32,36-37H,3-5,8,11-12,18-22,24-25H2,1-2,6H3/b35-34-/t32-/m0/s1. The molecule has 1 atom stereocenters. The van der Waals surface area contributed by atoms with Gasteiger partial charge in [-0.25, -0.2) is 0 Å². The van der Waals surface area contributed by atoms with Gasteiger partial charge in [-0.05, 0) is 73.5 Å². The molecule has 0 radical (unpaired) electrons. The average molecular weight is 545 g/mol. The molecule has 1 aliphatic rings. The first-order valence-corrected chi connectivity index (χ1v) is 15.2. The van der Waals surface area contributed by atoms with E-state index in [1.807, 2.05) is 7.05 Å². The van der Waals surface area contributed by atoms with Gasteiger partial charge < -0.3 is 10.6 Å². The molecule has 4 nitrogen and oxygen atoms in total. The summed E-state index contributed by atoms with van der Waals surface area (Å²) in [6.07, 6.45) is 6.53. The molecule has 2 aromatic rings. The predicted octanol–water partition coefficient (Wildman–Crippen LogP) is 7.57. The lowest BCUT2D eigenvalue weighted by molar-refractivity contribution is 0.247. The third kappa shape index (κ3) is 11.1. The summed E-state index contributed by atoms with van der Waals surface area (Å²) in [5.74, 6) is 0.518. The molecule has 5 heteroatoms. The first-order valence-electron chi connectivity index (χ1n) is 14.4. The van der Waals surface area contributed by atoms with Crippen molar-refractivity contribution < 1.29 is 0 Å². The quantitative estimate of drug-likeness (QED) is 0.105. The van der Waals surface area contributed by atoms with Crippen LogP contribution in [0.15, 0.2) is 101 Å². The number of likely N-dealkylation sites (tertiary alicyclic amines) is 1. The first kappa shape index (κ1) is 30.8. The smallest absolute Gasteiger partial charge is 0.0723 e. The molecule has 0 spiro atoms. The van der Waals surface area contributed by atoms with Gasteiger partial charge in [-0.15, -0.1) is 0 Å². The van der Waals surface area contributed by atoms with Crippen LogP contribution >= 0.6 is 11.8 Å². The molecule has 1 fully saturated rings. The number of aliphatic imine (C=N–C) groups is 1. The minimum absolute atomic E-state index is 0.192. The van der Waals surface area contributed by atoms with Crippen molar-refractivity contribution in [1.82, 2.24) is 15.5 Å². The number of piperidine rings is 1. The number of hydrogen-bond donors (Lipinski definition) is 2. The van der Waals surface area contributed by atoms with Crippen molar-refractivity contribution in [3.05, 3.63) is 102 Å². The third-order valence-electron chi connectivity index (χ3n) is 7.24. The highest BCUT2D eigenvalue weighted by Crippen LogP contribution is 2.26. The van der Waals surface area contributed by atoms with Crippen LogP contribution in [0.5, 0.6) is 0 Å². The second-order valence-electron chi connectivity index (χ2n) is 10.9. The highest BCUT2D eigenvalue weighted by molar-refractivity contribution is 8.14. The molecule has 210 valence electrons. The molecule has 1 saturated heterocycles. The Morgan fingerprint density at radius 1 is 0.974 bits per heavy atom. The van der Waals surface area contributed by atoms with Crippen LogP contribution in [0.4, 0.5) is 0 Å². The Labute approximate surface area is 241 Å². The summed E-state index contributed by atoms with van der Waals surface area (Å²) in [7, 11) is 1.88. The molecule has 1 heterocycles. The Kier molecular flexibility index (Phi) is 12.9. The van der Waals surface area contributed by atoms with E-state index in [9.17, 15) is 0 Å². The van der Waals surface area contributed by atoms with E-state index >= 15 is 0 Å². The van der Waals surface area contributed by atoms with E-state index in [-0.39, 0.29) is 6.04 Å². The van der Waals surface area contributed by atoms with Crippen molar-refractivity contribution in [1.29, 1.82) is 0 Å². The molecule has 0 amide bonds. The lowest BCUT2D eigenvalue weighted by Gasteiger charge is -2.28. The van der Waals surface area contributed by atoms with Gasteiger partial charge in [0.05, 0.1) is 5.04 Å². The van der Waals surface area contributed by atoms with Crippen molar-refractivity contribution in [2.75, 3.05) is 33.2 Å². The topological polar surface area (TPSA) is 39.7 Å². The molecular weight excluding hydrogens is 496 g/mol. The minimum atomic E-state index is 0.192. The number of thioether (sulfide) groups is 1. The molecule has 39 heavy (non-hydrogen) atoms. The van der Waals surface area contributed by atoms with Crippen LogP contribution in [0.2, 0.25) is 0 Å². The van der Waals surface area contributed by atoms with Gasteiger partial charge in [0, 0.05) is 48.9 Å². The summed E-state index contributed by atoms with van der Waals surface area (Å²) >= 11 is 1.76. The molecule has 0 unspecified atom stereocenters. The molecule has 2 aromatic carbocycles. The fraction of sp³-hybridized carbons (Fsp3) is 0.441. The fourth-order valence-corrected chi connectivity index (χ4v) is 5.74.